The van der Waals surface area contributed by atoms with Gasteiger partial charge in [-0.3, -0.25) is 14.5 Å². The third-order valence-electron chi connectivity index (χ3n) is 7.70. The molecule has 1 aliphatic rings. The van der Waals surface area contributed by atoms with E-state index in [-0.39, 0.29) is 12.0 Å². The van der Waals surface area contributed by atoms with Crippen molar-refractivity contribution in [3.8, 4) is 11.1 Å². The Morgan fingerprint density at radius 1 is 1.15 bits per heavy atom. The molecule has 5 aromatic rings. The molecule has 3 aromatic heterocycles. The minimum atomic E-state index is -0.440. The number of benzene rings is 2. The van der Waals surface area contributed by atoms with Gasteiger partial charge >= 0.3 is 0 Å². The van der Waals surface area contributed by atoms with Gasteiger partial charge in [0.15, 0.2) is 0 Å². The molecule has 1 unspecified atom stereocenters. The molecule has 0 aliphatic heterocycles. The van der Waals surface area contributed by atoms with Crippen LogP contribution in [0.1, 0.15) is 57.4 Å². The number of hydrogen-bond acceptors (Lipinski definition) is 7. The SMILES string of the molecule is COCC(OCc1cscn1)c1ccc(C(=O)NC2(c3cc(-c4cnn(C)c4)cc4nc(C)ccc34)CC2)c(C)c1. The summed E-state index contributed by atoms with van der Waals surface area (Å²) in [6.45, 7) is 4.78. The standard InChI is InChI=1S/C32H33N5O3S/c1-20-11-22(30(17-39-4)40-16-25-18-41-19-33-25)6-8-26(20)31(38)36-32(9-10-32)28-12-23(24-14-34-37(3)15-24)13-29-27(28)7-5-21(2)35-29/h5-8,11-15,18-19,30H,9-10,16-17H2,1-4H3,(H,36,38). The first-order valence-corrected chi connectivity index (χ1v) is 14.6. The Bertz CT molecular complexity index is 1710. The molecule has 0 bridgehead atoms. The second-order valence-electron chi connectivity index (χ2n) is 10.8. The molecule has 3 heterocycles. The molecular weight excluding hydrogens is 534 g/mol. The Morgan fingerprint density at radius 2 is 2.00 bits per heavy atom. The first kappa shape index (κ1) is 27.3. The number of pyridine rings is 1. The van der Waals surface area contributed by atoms with E-state index >= 15 is 0 Å². The van der Waals surface area contributed by atoms with E-state index in [9.17, 15) is 4.79 Å². The van der Waals surface area contributed by atoms with Crippen LogP contribution in [0.4, 0.5) is 0 Å². The second kappa shape index (κ2) is 11.2. The van der Waals surface area contributed by atoms with Gasteiger partial charge in [0.2, 0.25) is 0 Å². The third kappa shape index (κ3) is 5.66. The molecule has 1 fully saturated rings. The highest BCUT2D eigenvalue weighted by Gasteiger charge is 2.47. The molecule has 6 rings (SSSR count). The van der Waals surface area contributed by atoms with Gasteiger partial charge < -0.3 is 14.8 Å². The summed E-state index contributed by atoms with van der Waals surface area (Å²) in [5.74, 6) is -0.0850. The molecule has 1 amide bonds. The van der Waals surface area contributed by atoms with Gasteiger partial charge in [0.25, 0.3) is 5.91 Å². The Morgan fingerprint density at radius 3 is 2.68 bits per heavy atom. The Hall–Kier alpha value is -3.92. The van der Waals surface area contributed by atoms with Gasteiger partial charge in [-0.15, -0.1) is 11.3 Å². The van der Waals surface area contributed by atoms with Crippen LogP contribution in [-0.4, -0.2) is 39.4 Å². The zero-order valence-electron chi connectivity index (χ0n) is 23.7. The first-order valence-electron chi connectivity index (χ1n) is 13.7. The minimum absolute atomic E-state index is 0.0850. The third-order valence-corrected chi connectivity index (χ3v) is 8.34. The summed E-state index contributed by atoms with van der Waals surface area (Å²) >= 11 is 1.54. The Kier molecular flexibility index (Phi) is 7.42. The van der Waals surface area contributed by atoms with Crippen LogP contribution in [0.25, 0.3) is 22.0 Å². The largest absolute Gasteiger partial charge is 0.382 e. The molecule has 9 heteroatoms. The van der Waals surface area contributed by atoms with Crippen molar-refractivity contribution in [2.45, 2.75) is 44.9 Å². The van der Waals surface area contributed by atoms with Crippen LogP contribution in [0.3, 0.4) is 0 Å². The highest BCUT2D eigenvalue weighted by molar-refractivity contribution is 7.07. The smallest absolute Gasteiger partial charge is 0.252 e. The molecule has 0 saturated heterocycles. The minimum Gasteiger partial charge on any atom is -0.382 e. The monoisotopic (exact) mass is 567 g/mol. The number of methoxy groups -OCH3 is 1. The highest BCUT2D eigenvalue weighted by atomic mass is 32.1. The summed E-state index contributed by atoms with van der Waals surface area (Å²) in [7, 11) is 3.57. The summed E-state index contributed by atoms with van der Waals surface area (Å²) in [6.07, 6.45) is 5.35. The summed E-state index contributed by atoms with van der Waals surface area (Å²) in [5.41, 5.74) is 9.80. The van der Waals surface area contributed by atoms with Crippen LogP contribution in [0.2, 0.25) is 0 Å². The zero-order chi connectivity index (χ0) is 28.6. The topological polar surface area (TPSA) is 91.2 Å². The number of nitrogens with zero attached hydrogens (tertiary/aromatic N) is 4. The maximum absolute atomic E-state index is 13.7. The van der Waals surface area contributed by atoms with Crippen LogP contribution >= 0.6 is 11.3 Å². The lowest BCUT2D eigenvalue weighted by Crippen LogP contribution is -2.35. The summed E-state index contributed by atoms with van der Waals surface area (Å²) in [4.78, 5) is 22.9. The number of aromatic nitrogens is 4. The van der Waals surface area contributed by atoms with Crippen molar-refractivity contribution < 1.29 is 14.3 Å². The summed E-state index contributed by atoms with van der Waals surface area (Å²) in [6, 6.07) is 14.3. The van der Waals surface area contributed by atoms with Gasteiger partial charge in [-0.25, -0.2) is 4.98 Å². The number of amides is 1. The van der Waals surface area contributed by atoms with E-state index in [2.05, 4.69) is 33.6 Å². The number of fused-ring (bicyclic) bond motifs is 1. The predicted octanol–water partition coefficient (Wildman–Crippen LogP) is 6.03. The fraction of sp³-hybridized carbons (Fsp3) is 0.312. The summed E-state index contributed by atoms with van der Waals surface area (Å²) in [5, 5.41) is 10.8. The van der Waals surface area contributed by atoms with Crippen molar-refractivity contribution in [3.05, 3.63) is 99.4 Å². The Balaban J connectivity index is 1.27. The van der Waals surface area contributed by atoms with Crippen molar-refractivity contribution in [1.29, 1.82) is 0 Å². The molecule has 41 heavy (non-hydrogen) atoms. The molecule has 8 nitrogen and oxygen atoms in total. The maximum atomic E-state index is 13.7. The number of hydrogen-bond donors (Lipinski definition) is 1. The average molecular weight is 568 g/mol. The van der Waals surface area contributed by atoms with E-state index in [1.807, 2.05) is 62.9 Å². The van der Waals surface area contributed by atoms with Gasteiger partial charge in [-0.2, -0.15) is 5.10 Å². The van der Waals surface area contributed by atoms with Crippen LogP contribution in [0.15, 0.2) is 65.7 Å². The molecule has 2 aromatic carbocycles. The van der Waals surface area contributed by atoms with E-state index in [1.54, 1.807) is 28.6 Å². The van der Waals surface area contributed by atoms with Crippen molar-refractivity contribution >= 4 is 28.1 Å². The fourth-order valence-corrected chi connectivity index (χ4v) is 5.91. The fourth-order valence-electron chi connectivity index (χ4n) is 5.37. The molecule has 0 spiro atoms. The highest BCUT2D eigenvalue weighted by Crippen LogP contribution is 2.49. The summed E-state index contributed by atoms with van der Waals surface area (Å²) < 4.78 is 13.3. The van der Waals surface area contributed by atoms with Gasteiger partial charge in [0, 0.05) is 47.9 Å². The van der Waals surface area contributed by atoms with E-state index in [1.165, 1.54) is 0 Å². The second-order valence-corrected chi connectivity index (χ2v) is 11.5. The number of thiazole rings is 1. The lowest BCUT2D eigenvalue weighted by atomic mass is 9.93. The van der Waals surface area contributed by atoms with E-state index in [0.29, 0.717) is 18.8 Å². The van der Waals surface area contributed by atoms with Gasteiger partial charge in [0.1, 0.15) is 6.10 Å². The van der Waals surface area contributed by atoms with Crippen molar-refractivity contribution in [2.24, 2.45) is 7.05 Å². The number of aryl methyl sites for hydroxylation is 3. The molecular formula is C32H33N5O3S. The Labute approximate surface area is 243 Å². The van der Waals surface area contributed by atoms with Crippen LogP contribution in [0.5, 0.6) is 0 Å². The number of carbonyl (C=O) groups excluding carboxylic acids is 1. The van der Waals surface area contributed by atoms with Crippen LogP contribution < -0.4 is 5.32 Å². The molecule has 1 N–H and O–H groups in total. The first-order chi connectivity index (χ1) is 19.8. The molecule has 1 atom stereocenters. The normalized spacial score (nSPS) is 14.7. The zero-order valence-corrected chi connectivity index (χ0v) is 24.5. The molecule has 1 aliphatic carbocycles. The number of nitrogens with one attached hydrogen (secondary N) is 1. The van der Waals surface area contributed by atoms with Gasteiger partial charge in [-0.1, -0.05) is 18.2 Å². The van der Waals surface area contributed by atoms with Gasteiger partial charge in [-0.05, 0) is 73.2 Å². The van der Waals surface area contributed by atoms with Crippen molar-refractivity contribution in [3.63, 3.8) is 0 Å². The maximum Gasteiger partial charge on any atom is 0.252 e. The quantitative estimate of drug-likeness (QED) is 0.222. The van der Waals surface area contributed by atoms with Crippen LogP contribution in [0, 0.1) is 13.8 Å². The lowest BCUT2D eigenvalue weighted by molar-refractivity contribution is -0.0139. The van der Waals surface area contributed by atoms with Crippen molar-refractivity contribution in [1.82, 2.24) is 25.1 Å². The number of rotatable bonds is 10. The molecule has 1 saturated carbocycles. The molecule has 0 radical (unpaired) electrons. The number of ether oxygens (including phenoxy) is 2. The van der Waals surface area contributed by atoms with Crippen LogP contribution in [-0.2, 0) is 28.7 Å². The van der Waals surface area contributed by atoms with E-state index < -0.39 is 5.54 Å². The average Bonchev–Trinajstić information content (AvgIpc) is 3.31. The van der Waals surface area contributed by atoms with Crippen molar-refractivity contribution in [2.75, 3.05) is 13.7 Å². The molecule has 210 valence electrons. The van der Waals surface area contributed by atoms with E-state index in [0.717, 1.165) is 62.9 Å². The lowest BCUT2D eigenvalue weighted by Gasteiger charge is -2.22. The number of carbonyl (C=O) groups is 1. The predicted molar refractivity (Wildman–Crippen MR) is 160 cm³/mol. The van der Waals surface area contributed by atoms with E-state index in [4.69, 9.17) is 14.5 Å². The van der Waals surface area contributed by atoms with Gasteiger partial charge in [0.05, 0.1) is 41.7 Å².